The Kier molecular flexibility index (Phi) is 4.20. The average Bonchev–Trinajstić information content (AvgIpc) is 2.45. The third kappa shape index (κ3) is 2.72. The lowest BCUT2D eigenvalue weighted by atomic mass is 10.1. The lowest BCUT2D eigenvalue weighted by Gasteiger charge is -2.26. The first-order valence-corrected chi connectivity index (χ1v) is 6.39. The van der Waals surface area contributed by atoms with Crippen LogP contribution in [0.15, 0.2) is 30.3 Å². The number of nitrogens with zero attached hydrogens (tertiary/aromatic N) is 2. The molecule has 1 N–H and O–H groups in total. The topological polar surface area (TPSA) is 62.7 Å². The number of hydrogen-bond donors (Lipinski definition) is 1. The molecule has 106 valence electrons. The number of hydrogen-bond acceptors (Lipinski definition) is 4. The Hall–Kier alpha value is -2.14. The fraction of sp³-hybridized carbons (Fsp3) is 0.333. The molecule has 0 amide bonds. The first-order chi connectivity index (χ1) is 9.54. The second-order valence-electron chi connectivity index (χ2n) is 4.77. The van der Waals surface area contributed by atoms with Gasteiger partial charge in [-0.1, -0.05) is 24.3 Å². The molecule has 1 atom stereocenters. The molecule has 1 aromatic heterocycles. The number of aromatic carboxylic acids is 1. The van der Waals surface area contributed by atoms with Crippen molar-refractivity contribution in [1.29, 1.82) is 0 Å². The van der Waals surface area contributed by atoms with E-state index in [0.717, 1.165) is 10.8 Å². The van der Waals surface area contributed by atoms with E-state index in [0.29, 0.717) is 12.4 Å². The van der Waals surface area contributed by atoms with Gasteiger partial charge in [0.1, 0.15) is 5.82 Å². The highest BCUT2D eigenvalue weighted by Crippen LogP contribution is 2.26. The molecule has 0 aliphatic carbocycles. The summed E-state index contributed by atoms with van der Waals surface area (Å²) in [6.07, 6.45) is 0. The second-order valence-corrected chi connectivity index (χ2v) is 4.77. The zero-order valence-corrected chi connectivity index (χ0v) is 11.8. The summed E-state index contributed by atoms with van der Waals surface area (Å²) in [4.78, 5) is 17.4. The van der Waals surface area contributed by atoms with Gasteiger partial charge in [0.25, 0.3) is 0 Å². The van der Waals surface area contributed by atoms with Gasteiger partial charge in [0.05, 0.1) is 12.6 Å². The molecular formula is C15H18N2O3. The van der Waals surface area contributed by atoms with Crippen LogP contribution < -0.4 is 4.90 Å². The summed E-state index contributed by atoms with van der Waals surface area (Å²) in [5.74, 6) is -0.366. The summed E-state index contributed by atoms with van der Waals surface area (Å²) < 4.78 is 5.15. The van der Waals surface area contributed by atoms with Crippen LogP contribution in [-0.2, 0) is 4.74 Å². The van der Waals surface area contributed by atoms with Gasteiger partial charge in [-0.15, -0.1) is 0 Å². The Morgan fingerprint density at radius 2 is 2.15 bits per heavy atom. The van der Waals surface area contributed by atoms with E-state index in [1.165, 1.54) is 0 Å². The van der Waals surface area contributed by atoms with E-state index >= 15 is 0 Å². The SMILES string of the molecule is COCC(C)N(C)c1nc(C(=O)O)cc2ccccc12. The standard InChI is InChI=1S/C15H18N2O3/c1-10(9-20-3)17(2)14-12-7-5-4-6-11(12)8-13(16-14)15(18)19/h4-8,10H,9H2,1-3H3,(H,18,19). The Morgan fingerprint density at radius 3 is 2.80 bits per heavy atom. The van der Waals surface area contributed by atoms with Crippen LogP contribution in [0.2, 0.25) is 0 Å². The number of methoxy groups -OCH3 is 1. The smallest absolute Gasteiger partial charge is 0.354 e. The molecule has 0 saturated carbocycles. The molecule has 2 aromatic rings. The zero-order valence-electron chi connectivity index (χ0n) is 11.8. The summed E-state index contributed by atoms with van der Waals surface area (Å²) in [7, 11) is 3.54. The van der Waals surface area contributed by atoms with Crippen molar-refractivity contribution >= 4 is 22.6 Å². The van der Waals surface area contributed by atoms with E-state index in [-0.39, 0.29) is 11.7 Å². The number of fused-ring (bicyclic) bond motifs is 1. The molecule has 0 spiro atoms. The molecule has 0 fully saturated rings. The van der Waals surface area contributed by atoms with E-state index in [9.17, 15) is 9.90 Å². The summed E-state index contributed by atoms with van der Waals surface area (Å²) in [6.45, 7) is 2.55. The van der Waals surface area contributed by atoms with Gasteiger partial charge in [-0.25, -0.2) is 9.78 Å². The molecule has 2 rings (SSSR count). The van der Waals surface area contributed by atoms with Crippen LogP contribution >= 0.6 is 0 Å². The molecule has 1 unspecified atom stereocenters. The second kappa shape index (κ2) is 5.88. The lowest BCUT2D eigenvalue weighted by Crippen LogP contribution is -2.33. The molecule has 1 heterocycles. The van der Waals surface area contributed by atoms with Crippen molar-refractivity contribution in [1.82, 2.24) is 4.98 Å². The van der Waals surface area contributed by atoms with Gasteiger partial charge in [-0.05, 0) is 18.4 Å². The normalized spacial score (nSPS) is 12.3. The fourth-order valence-electron chi connectivity index (χ4n) is 2.12. The molecular weight excluding hydrogens is 256 g/mol. The van der Waals surface area contributed by atoms with Crippen molar-refractivity contribution in [3.63, 3.8) is 0 Å². The number of anilines is 1. The minimum absolute atomic E-state index is 0.0511. The first kappa shape index (κ1) is 14.3. The highest BCUT2D eigenvalue weighted by Gasteiger charge is 2.17. The highest BCUT2D eigenvalue weighted by molar-refractivity contribution is 5.98. The molecule has 5 nitrogen and oxygen atoms in total. The van der Waals surface area contributed by atoms with Crippen molar-refractivity contribution in [3.8, 4) is 0 Å². The Bertz CT molecular complexity index is 628. The van der Waals surface area contributed by atoms with Gasteiger partial charge < -0.3 is 14.7 Å². The predicted octanol–water partition coefficient (Wildman–Crippen LogP) is 2.40. The number of rotatable bonds is 5. The molecule has 20 heavy (non-hydrogen) atoms. The third-order valence-electron chi connectivity index (χ3n) is 3.34. The van der Waals surface area contributed by atoms with Crippen LogP contribution in [0.25, 0.3) is 10.8 Å². The number of carbonyl (C=O) groups is 1. The Balaban J connectivity index is 2.57. The van der Waals surface area contributed by atoms with Gasteiger partial charge in [0, 0.05) is 19.5 Å². The zero-order chi connectivity index (χ0) is 14.7. The monoisotopic (exact) mass is 274 g/mol. The molecule has 1 aromatic carbocycles. The number of ether oxygens (including phenoxy) is 1. The Morgan fingerprint density at radius 1 is 1.45 bits per heavy atom. The average molecular weight is 274 g/mol. The van der Waals surface area contributed by atoms with Crippen LogP contribution in [-0.4, -0.2) is 42.9 Å². The number of carboxylic acids is 1. The van der Waals surface area contributed by atoms with Gasteiger partial charge in [0.15, 0.2) is 5.69 Å². The predicted molar refractivity (Wildman–Crippen MR) is 78.4 cm³/mol. The number of likely N-dealkylation sites (N-methyl/N-ethyl adjacent to an activating group) is 1. The van der Waals surface area contributed by atoms with Crippen molar-refractivity contribution in [2.45, 2.75) is 13.0 Å². The van der Waals surface area contributed by atoms with E-state index < -0.39 is 5.97 Å². The first-order valence-electron chi connectivity index (χ1n) is 6.39. The largest absolute Gasteiger partial charge is 0.477 e. The Labute approximate surface area is 117 Å². The third-order valence-corrected chi connectivity index (χ3v) is 3.34. The van der Waals surface area contributed by atoms with Crippen molar-refractivity contribution in [3.05, 3.63) is 36.0 Å². The van der Waals surface area contributed by atoms with Crippen molar-refractivity contribution < 1.29 is 14.6 Å². The number of aromatic nitrogens is 1. The number of benzene rings is 1. The molecule has 0 radical (unpaired) electrons. The lowest BCUT2D eigenvalue weighted by molar-refractivity contribution is 0.0691. The van der Waals surface area contributed by atoms with Crippen LogP contribution in [0.3, 0.4) is 0 Å². The van der Waals surface area contributed by atoms with Gasteiger partial charge in [-0.2, -0.15) is 0 Å². The molecule has 5 heteroatoms. The minimum Gasteiger partial charge on any atom is -0.477 e. The summed E-state index contributed by atoms with van der Waals surface area (Å²) in [6, 6.07) is 9.33. The van der Waals surface area contributed by atoms with Gasteiger partial charge in [0.2, 0.25) is 0 Å². The summed E-state index contributed by atoms with van der Waals surface area (Å²) in [5.41, 5.74) is 0.0511. The summed E-state index contributed by atoms with van der Waals surface area (Å²) >= 11 is 0. The maximum Gasteiger partial charge on any atom is 0.354 e. The van der Waals surface area contributed by atoms with Crippen molar-refractivity contribution in [2.75, 3.05) is 25.7 Å². The maximum absolute atomic E-state index is 11.2. The maximum atomic E-state index is 11.2. The minimum atomic E-state index is -1.02. The van der Waals surface area contributed by atoms with E-state index in [2.05, 4.69) is 4.98 Å². The molecule has 0 aliphatic rings. The van der Waals surface area contributed by atoms with Crippen molar-refractivity contribution in [2.24, 2.45) is 0 Å². The van der Waals surface area contributed by atoms with E-state index in [1.807, 2.05) is 43.1 Å². The fourth-order valence-corrected chi connectivity index (χ4v) is 2.12. The summed E-state index contributed by atoms with van der Waals surface area (Å²) in [5, 5.41) is 11.0. The van der Waals surface area contributed by atoms with Crippen LogP contribution in [0.1, 0.15) is 17.4 Å². The number of pyridine rings is 1. The van der Waals surface area contributed by atoms with Gasteiger partial charge in [-0.3, -0.25) is 0 Å². The van der Waals surface area contributed by atoms with Crippen LogP contribution in [0.5, 0.6) is 0 Å². The number of carboxylic acid groups (broad SMARTS) is 1. The highest BCUT2D eigenvalue weighted by atomic mass is 16.5. The quantitative estimate of drug-likeness (QED) is 0.907. The van der Waals surface area contributed by atoms with E-state index in [1.54, 1.807) is 13.2 Å². The van der Waals surface area contributed by atoms with E-state index in [4.69, 9.17) is 4.74 Å². The van der Waals surface area contributed by atoms with Crippen LogP contribution in [0, 0.1) is 0 Å². The molecule has 0 bridgehead atoms. The molecule has 0 saturated heterocycles. The molecule has 0 aliphatic heterocycles. The van der Waals surface area contributed by atoms with Crippen LogP contribution in [0.4, 0.5) is 5.82 Å². The van der Waals surface area contributed by atoms with Gasteiger partial charge >= 0.3 is 5.97 Å².